The summed E-state index contributed by atoms with van der Waals surface area (Å²) in [5.41, 5.74) is 3.34. The van der Waals surface area contributed by atoms with Crippen molar-refractivity contribution in [2.45, 2.75) is 13.8 Å². The quantitative estimate of drug-likeness (QED) is 0.698. The molecule has 0 bridgehead atoms. The first kappa shape index (κ1) is 11.1. The highest BCUT2D eigenvalue weighted by atomic mass is 35.5. The Bertz CT molecular complexity index is 385. The van der Waals surface area contributed by atoms with Crippen LogP contribution in [0.4, 0.5) is 0 Å². The minimum atomic E-state index is 0.684. The summed E-state index contributed by atoms with van der Waals surface area (Å²) in [5.74, 6) is 6.03. The van der Waals surface area contributed by atoms with Crippen molar-refractivity contribution < 1.29 is 0 Å². The predicted molar refractivity (Wildman–Crippen MR) is 61.7 cm³/mol. The standard InChI is InChI=1S/C12H14ClN/c1-9-7-11(5-4-6-14-3)12(13)8-10(9)2/h7-8,14H,6H2,1-3H3. The number of hydrogen-bond donors (Lipinski definition) is 1. The monoisotopic (exact) mass is 207 g/mol. The Balaban J connectivity index is 3.00. The van der Waals surface area contributed by atoms with E-state index in [1.54, 1.807) is 0 Å². The van der Waals surface area contributed by atoms with Crippen LogP contribution in [0.5, 0.6) is 0 Å². The number of benzene rings is 1. The Labute approximate surface area is 90.5 Å². The minimum absolute atomic E-state index is 0.684. The number of rotatable bonds is 1. The van der Waals surface area contributed by atoms with Crippen LogP contribution in [-0.4, -0.2) is 13.6 Å². The van der Waals surface area contributed by atoms with Gasteiger partial charge in [0.1, 0.15) is 0 Å². The van der Waals surface area contributed by atoms with Crippen molar-refractivity contribution in [3.05, 3.63) is 33.8 Å². The molecule has 2 heteroatoms. The Kier molecular flexibility index (Phi) is 4.00. The van der Waals surface area contributed by atoms with Crippen LogP contribution in [0, 0.1) is 25.7 Å². The second kappa shape index (κ2) is 5.05. The minimum Gasteiger partial charge on any atom is -0.309 e. The molecule has 0 radical (unpaired) electrons. The van der Waals surface area contributed by atoms with E-state index >= 15 is 0 Å². The van der Waals surface area contributed by atoms with Gasteiger partial charge in [0.2, 0.25) is 0 Å². The molecule has 14 heavy (non-hydrogen) atoms. The Morgan fingerprint density at radius 2 is 1.93 bits per heavy atom. The molecule has 1 rings (SSSR count). The molecule has 0 aliphatic heterocycles. The zero-order valence-corrected chi connectivity index (χ0v) is 9.50. The third-order valence-electron chi connectivity index (χ3n) is 2.07. The van der Waals surface area contributed by atoms with Crippen molar-refractivity contribution >= 4 is 11.6 Å². The second-order valence-corrected chi connectivity index (χ2v) is 3.66. The van der Waals surface area contributed by atoms with E-state index in [0.29, 0.717) is 6.54 Å². The molecule has 0 aliphatic rings. The summed E-state index contributed by atoms with van der Waals surface area (Å²) >= 11 is 6.06. The number of halogens is 1. The summed E-state index contributed by atoms with van der Waals surface area (Å²) in [6, 6.07) is 3.99. The number of aryl methyl sites for hydroxylation is 2. The lowest BCUT2D eigenvalue weighted by Gasteiger charge is -2.02. The lowest BCUT2D eigenvalue weighted by molar-refractivity contribution is 0.938. The van der Waals surface area contributed by atoms with Gasteiger partial charge in [0.25, 0.3) is 0 Å². The molecule has 0 aromatic heterocycles. The summed E-state index contributed by atoms with van der Waals surface area (Å²) < 4.78 is 0. The average molecular weight is 208 g/mol. The van der Waals surface area contributed by atoms with Gasteiger partial charge >= 0.3 is 0 Å². The third-order valence-corrected chi connectivity index (χ3v) is 2.38. The molecule has 0 spiro atoms. The van der Waals surface area contributed by atoms with Gasteiger partial charge in [-0.15, -0.1) is 0 Å². The second-order valence-electron chi connectivity index (χ2n) is 3.25. The lowest BCUT2D eigenvalue weighted by atomic mass is 10.1. The Morgan fingerprint density at radius 3 is 2.57 bits per heavy atom. The van der Waals surface area contributed by atoms with E-state index in [1.165, 1.54) is 11.1 Å². The summed E-state index contributed by atoms with van der Waals surface area (Å²) in [7, 11) is 1.87. The zero-order chi connectivity index (χ0) is 10.6. The van der Waals surface area contributed by atoms with Crippen LogP contribution >= 0.6 is 11.6 Å². The summed E-state index contributed by atoms with van der Waals surface area (Å²) in [6.45, 7) is 4.80. The van der Waals surface area contributed by atoms with E-state index in [2.05, 4.69) is 24.1 Å². The van der Waals surface area contributed by atoms with Crippen LogP contribution in [0.3, 0.4) is 0 Å². The van der Waals surface area contributed by atoms with Crippen molar-refractivity contribution in [3.8, 4) is 11.8 Å². The number of hydrogen-bond acceptors (Lipinski definition) is 1. The highest BCUT2D eigenvalue weighted by Gasteiger charge is 1.99. The normalized spacial score (nSPS) is 9.43. The van der Waals surface area contributed by atoms with Crippen LogP contribution in [-0.2, 0) is 0 Å². The summed E-state index contributed by atoms with van der Waals surface area (Å²) in [5, 5.41) is 3.70. The van der Waals surface area contributed by atoms with Gasteiger partial charge < -0.3 is 5.32 Å². The molecule has 1 nitrogen and oxygen atoms in total. The van der Waals surface area contributed by atoms with Gasteiger partial charge in [-0.3, -0.25) is 0 Å². The first-order chi connectivity index (χ1) is 6.65. The maximum Gasteiger partial charge on any atom is 0.0577 e. The molecule has 1 aromatic carbocycles. The summed E-state index contributed by atoms with van der Waals surface area (Å²) in [4.78, 5) is 0. The predicted octanol–water partition coefficient (Wildman–Crippen LogP) is 2.53. The van der Waals surface area contributed by atoms with Crippen LogP contribution in [0.1, 0.15) is 16.7 Å². The van der Waals surface area contributed by atoms with Gasteiger partial charge in [0.05, 0.1) is 11.6 Å². The molecule has 1 aromatic rings. The van der Waals surface area contributed by atoms with E-state index in [0.717, 1.165) is 10.6 Å². The van der Waals surface area contributed by atoms with Crippen molar-refractivity contribution in [1.82, 2.24) is 5.32 Å². The lowest BCUT2D eigenvalue weighted by Crippen LogP contribution is -2.04. The molecule has 74 valence electrons. The van der Waals surface area contributed by atoms with Crippen LogP contribution in [0.2, 0.25) is 5.02 Å². The van der Waals surface area contributed by atoms with Gasteiger partial charge in [-0.05, 0) is 44.2 Å². The maximum atomic E-state index is 6.06. The van der Waals surface area contributed by atoms with Crippen molar-refractivity contribution in [2.75, 3.05) is 13.6 Å². The molecule has 0 atom stereocenters. The van der Waals surface area contributed by atoms with Gasteiger partial charge in [-0.1, -0.05) is 23.4 Å². The van der Waals surface area contributed by atoms with Crippen LogP contribution in [0.25, 0.3) is 0 Å². The van der Waals surface area contributed by atoms with E-state index in [1.807, 2.05) is 26.1 Å². The zero-order valence-electron chi connectivity index (χ0n) is 8.74. The van der Waals surface area contributed by atoms with Crippen LogP contribution < -0.4 is 5.32 Å². The first-order valence-corrected chi connectivity index (χ1v) is 4.93. The molecular weight excluding hydrogens is 194 g/mol. The molecule has 0 heterocycles. The van der Waals surface area contributed by atoms with Gasteiger partial charge in [0.15, 0.2) is 0 Å². The summed E-state index contributed by atoms with van der Waals surface area (Å²) in [6.07, 6.45) is 0. The van der Waals surface area contributed by atoms with E-state index in [-0.39, 0.29) is 0 Å². The van der Waals surface area contributed by atoms with Gasteiger partial charge in [-0.25, -0.2) is 0 Å². The van der Waals surface area contributed by atoms with Crippen molar-refractivity contribution in [1.29, 1.82) is 0 Å². The SMILES string of the molecule is CNCC#Cc1cc(C)c(C)cc1Cl. The third kappa shape index (κ3) is 2.77. The van der Waals surface area contributed by atoms with Crippen molar-refractivity contribution in [3.63, 3.8) is 0 Å². The molecule has 0 saturated heterocycles. The fourth-order valence-electron chi connectivity index (χ4n) is 1.10. The molecule has 1 N–H and O–H groups in total. The average Bonchev–Trinajstić information content (AvgIpc) is 2.14. The maximum absolute atomic E-state index is 6.06. The Hall–Kier alpha value is -0.970. The fraction of sp³-hybridized carbons (Fsp3) is 0.333. The van der Waals surface area contributed by atoms with Gasteiger partial charge in [0, 0.05) is 5.56 Å². The highest BCUT2D eigenvalue weighted by Crippen LogP contribution is 2.19. The van der Waals surface area contributed by atoms with E-state index in [9.17, 15) is 0 Å². The largest absolute Gasteiger partial charge is 0.309 e. The van der Waals surface area contributed by atoms with Gasteiger partial charge in [-0.2, -0.15) is 0 Å². The highest BCUT2D eigenvalue weighted by molar-refractivity contribution is 6.31. The van der Waals surface area contributed by atoms with Crippen molar-refractivity contribution in [2.24, 2.45) is 0 Å². The number of nitrogens with one attached hydrogen (secondary N) is 1. The fourth-order valence-corrected chi connectivity index (χ4v) is 1.37. The molecule has 0 unspecified atom stereocenters. The van der Waals surface area contributed by atoms with E-state index in [4.69, 9.17) is 11.6 Å². The molecular formula is C12H14ClN. The smallest absolute Gasteiger partial charge is 0.0577 e. The molecule has 0 fully saturated rings. The first-order valence-electron chi connectivity index (χ1n) is 4.55. The molecule has 0 aliphatic carbocycles. The molecule has 0 amide bonds. The Morgan fingerprint density at radius 1 is 1.29 bits per heavy atom. The topological polar surface area (TPSA) is 12.0 Å². The van der Waals surface area contributed by atoms with Crippen LogP contribution in [0.15, 0.2) is 12.1 Å². The molecule has 0 saturated carbocycles. The van der Waals surface area contributed by atoms with E-state index < -0.39 is 0 Å².